The minimum atomic E-state index is -0.702. The Kier molecular flexibility index (Phi) is 8.22. The first-order valence-electron chi connectivity index (χ1n) is 9.19. The molecule has 8 heteroatoms. The molecule has 0 spiro atoms. The van der Waals surface area contributed by atoms with Gasteiger partial charge in [0, 0.05) is 24.7 Å². The Morgan fingerprint density at radius 3 is 2.27 bits per heavy atom. The van der Waals surface area contributed by atoms with Gasteiger partial charge in [-0.3, -0.25) is 9.59 Å². The highest BCUT2D eigenvalue weighted by Crippen LogP contribution is 2.28. The zero-order valence-electron chi connectivity index (χ0n) is 17.5. The third kappa shape index (κ3) is 6.23. The van der Waals surface area contributed by atoms with Gasteiger partial charge in [-0.1, -0.05) is 18.2 Å². The molecule has 30 heavy (non-hydrogen) atoms. The van der Waals surface area contributed by atoms with Gasteiger partial charge >= 0.3 is 5.97 Å². The van der Waals surface area contributed by atoms with Crippen LogP contribution in [0.4, 0.5) is 0 Å². The third-order valence-corrected chi connectivity index (χ3v) is 4.30. The van der Waals surface area contributed by atoms with Crippen molar-refractivity contribution in [2.75, 3.05) is 34.5 Å². The standard InChI is InChI=1S/C22H25NO7/c1-15(24)16-9-10-19(20(11-16)28-4)29-14-22(26)30-13-21(25)23(2)12-17-7-5-6-8-18(17)27-3/h5-11H,12-14H2,1-4H3. The second kappa shape index (κ2) is 10.8. The molecule has 0 aromatic heterocycles. The van der Waals surface area contributed by atoms with E-state index in [2.05, 4.69) is 0 Å². The van der Waals surface area contributed by atoms with Gasteiger partial charge in [0.2, 0.25) is 0 Å². The van der Waals surface area contributed by atoms with Crippen LogP contribution in [0.15, 0.2) is 42.5 Å². The van der Waals surface area contributed by atoms with Crippen LogP contribution >= 0.6 is 0 Å². The van der Waals surface area contributed by atoms with Crippen molar-refractivity contribution in [1.29, 1.82) is 0 Å². The first-order valence-corrected chi connectivity index (χ1v) is 9.19. The Hall–Kier alpha value is -3.55. The summed E-state index contributed by atoms with van der Waals surface area (Å²) in [4.78, 5) is 37.1. The third-order valence-electron chi connectivity index (χ3n) is 4.30. The van der Waals surface area contributed by atoms with Gasteiger partial charge in [-0.25, -0.2) is 4.79 Å². The van der Waals surface area contributed by atoms with E-state index in [4.69, 9.17) is 18.9 Å². The minimum Gasteiger partial charge on any atom is -0.496 e. The van der Waals surface area contributed by atoms with Gasteiger partial charge < -0.3 is 23.8 Å². The number of likely N-dealkylation sites (N-methyl/N-ethyl adjacent to an activating group) is 1. The number of Topliss-reactive ketones (excluding diaryl/α,β-unsaturated/α-hetero) is 1. The number of ether oxygens (including phenoxy) is 4. The monoisotopic (exact) mass is 415 g/mol. The quantitative estimate of drug-likeness (QED) is 0.435. The number of esters is 1. The molecule has 0 saturated heterocycles. The van der Waals surface area contributed by atoms with Crippen LogP contribution in [0.25, 0.3) is 0 Å². The van der Waals surface area contributed by atoms with Crippen LogP contribution in [-0.4, -0.2) is 57.0 Å². The Bertz CT molecular complexity index is 910. The van der Waals surface area contributed by atoms with Crippen molar-refractivity contribution in [3.8, 4) is 17.2 Å². The summed E-state index contributed by atoms with van der Waals surface area (Å²) in [6.45, 7) is 0.943. The average Bonchev–Trinajstić information content (AvgIpc) is 2.75. The number of amides is 1. The molecule has 2 aromatic rings. The molecule has 2 rings (SSSR count). The van der Waals surface area contributed by atoms with Crippen LogP contribution in [0, 0.1) is 0 Å². The molecule has 0 saturated carbocycles. The Morgan fingerprint density at radius 1 is 0.900 bits per heavy atom. The summed E-state index contributed by atoms with van der Waals surface area (Å²) < 4.78 is 20.8. The number of nitrogens with zero attached hydrogens (tertiary/aromatic N) is 1. The summed E-state index contributed by atoms with van der Waals surface area (Å²) in [6, 6.07) is 12.0. The fourth-order valence-electron chi connectivity index (χ4n) is 2.61. The summed E-state index contributed by atoms with van der Waals surface area (Å²) >= 11 is 0. The molecule has 0 radical (unpaired) electrons. The smallest absolute Gasteiger partial charge is 0.344 e. The van der Waals surface area contributed by atoms with Gasteiger partial charge in [0.25, 0.3) is 5.91 Å². The number of carbonyl (C=O) groups excluding carboxylic acids is 3. The Labute approximate surface area is 175 Å². The van der Waals surface area contributed by atoms with E-state index in [1.807, 2.05) is 24.3 Å². The first kappa shape index (κ1) is 22.7. The van der Waals surface area contributed by atoms with Gasteiger partial charge in [-0.15, -0.1) is 0 Å². The summed E-state index contributed by atoms with van der Waals surface area (Å²) in [5.74, 6) is 0.105. The topological polar surface area (TPSA) is 91.4 Å². The molecule has 2 aromatic carbocycles. The van der Waals surface area contributed by atoms with Gasteiger partial charge in [-0.05, 0) is 31.2 Å². The summed E-state index contributed by atoms with van der Waals surface area (Å²) in [5.41, 5.74) is 1.30. The number of ketones is 1. The maximum Gasteiger partial charge on any atom is 0.344 e. The van der Waals surface area contributed by atoms with Crippen molar-refractivity contribution in [2.45, 2.75) is 13.5 Å². The highest BCUT2D eigenvalue weighted by atomic mass is 16.6. The van der Waals surface area contributed by atoms with Gasteiger partial charge in [0.1, 0.15) is 5.75 Å². The predicted molar refractivity (Wildman–Crippen MR) is 109 cm³/mol. The van der Waals surface area contributed by atoms with E-state index >= 15 is 0 Å². The molecule has 0 aliphatic carbocycles. The van der Waals surface area contributed by atoms with E-state index in [1.54, 1.807) is 20.2 Å². The van der Waals surface area contributed by atoms with Crippen LogP contribution in [0.5, 0.6) is 17.2 Å². The van der Waals surface area contributed by atoms with Crippen LogP contribution < -0.4 is 14.2 Å². The molecule has 8 nitrogen and oxygen atoms in total. The molecular weight excluding hydrogens is 390 g/mol. The largest absolute Gasteiger partial charge is 0.496 e. The van der Waals surface area contributed by atoms with Crippen molar-refractivity contribution < 1.29 is 33.3 Å². The van der Waals surface area contributed by atoms with E-state index in [-0.39, 0.29) is 11.7 Å². The van der Waals surface area contributed by atoms with Crippen LogP contribution in [0.3, 0.4) is 0 Å². The van der Waals surface area contributed by atoms with Crippen molar-refractivity contribution in [3.63, 3.8) is 0 Å². The van der Waals surface area contributed by atoms with E-state index in [1.165, 1.54) is 31.1 Å². The predicted octanol–water partition coefficient (Wildman–Crippen LogP) is 2.49. The molecule has 0 heterocycles. The molecule has 0 aliphatic heterocycles. The molecule has 0 unspecified atom stereocenters. The highest BCUT2D eigenvalue weighted by molar-refractivity contribution is 5.94. The number of methoxy groups -OCH3 is 2. The fourth-order valence-corrected chi connectivity index (χ4v) is 2.61. The molecule has 0 N–H and O–H groups in total. The number of para-hydroxylation sites is 1. The summed E-state index contributed by atoms with van der Waals surface area (Å²) in [6.07, 6.45) is 0. The van der Waals surface area contributed by atoms with E-state index in [9.17, 15) is 14.4 Å². The second-order valence-corrected chi connectivity index (χ2v) is 6.43. The number of hydrogen-bond acceptors (Lipinski definition) is 7. The van der Waals surface area contributed by atoms with Crippen LogP contribution in [0.2, 0.25) is 0 Å². The maximum absolute atomic E-state index is 12.2. The molecule has 0 atom stereocenters. The molecule has 0 aliphatic rings. The Balaban J connectivity index is 1.84. The zero-order valence-corrected chi connectivity index (χ0v) is 17.5. The normalized spacial score (nSPS) is 10.1. The van der Waals surface area contributed by atoms with Crippen molar-refractivity contribution >= 4 is 17.7 Å². The number of carbonyl (C=O) groups is 3. The van der Waals surface area contributed by atoms with E-state index < -0.39 is 19.2 Å². The van der Waals surface area contributed by atoms with Crippen molar-refractivity contribution in [1.82, 2.24) is 4.90 Å². The molecule has 1 amide bonds. The summed E-state index contributed by atoms with van der Waals surface area (Å²) in [5, 5.41) is 0. The lowest BCUT2D eigenvalue weighted by Crippen LogP contribution is -2.31. The van der Waals surface area contributed by atoms with Crippen molar-refractivity contribution in [3.05, 3.63) is 53.6 Å². The molecular formula is C22H25NO7. The molecule has 0 bridgehead atoms. The fraction of sp³-hybridized carbons (Fsp3) is 0.318. The van der Waals surface area contributed by atoms with E-state index in [0.29, 0.717) is 29.4 Å². The van der Waals surface area contributed by atoms with Crippen molar-refractivity contribution in [2.24, 2.45) is 0 Å². The second-order valence-electron chi connectivity index (χ2n) is 6.43. The highest BCUT2D eigenvalue weighted by Gasteiger charge is 2.16. The van der Waals surface area contributed by atoms with Gasteiger partial charge in [-0.2, -0.15) is 0 Å². The van der Waals surface area contributed by atoms with Gasteiger partial charge in [0.05, 0.1) is 14.2 Å². The Morgan fingerprint density at radius 2 is 1.60 bits per heavy atom. The lowest BCUT2D eigenvalue weighted by Gasteiger charge is -2.18. The minimum absolute atomic E-state index is 0.116. The first-order chi connectivity index (χ1) is 14.3. The molecule has 0 fully saturated rings. The maximum atomic E-state index is 12.2. The number of hydrogen-bond donors (Lipinski definition) is 0. The lowest BCUT2D eigenvalue weighted by molar-refractivity contribution is -0.153. The van der Waals surface area contributed by atoms with E-state index in [0.717, 1.165) is 5.56 Å². The van der Waals surface area contributed by atoms with Crippen LogP contribution in [0.1, 0.15) is 22.8 Å². The lowest BCUT2D eigenvalue weighted by atomic mass is 10.1. The average molecular weight is 415 g/mol. The summed E-state index contributed by atoms with van der Waals surface area (Å²) in [7, 11) is 4.60. The number of rotatable bonds is 10. The van der Waals surface area contributed by atoms with Gasteiger partial charge in [0.15, 0.2) is 30.5 Å². The number of benzene rings is 2. The SMILES string of the molecule is COc1ccccc1CN(C)C(=O)COC(=O)COc1ccc(C(C)=O)cc1OC. The molecule has 160 valence electrons. The zero-order chi connectivity index (χ0) is 22.1. The van der Waals surface area contributed by atoms with Crippen LogP contribution in [-0.2, 0) is 20.9 Å².